The minimum Gasteiger partial charge on any atom is -0.511 e. The van der Waals surface area contributed by atoms with Crippen LogP contribution in [0.1, 0.15) is 12.8 Å². The summed E-state index contributed by atoms with van der Waals surface area (Å²) in [5.74, 6) is 3.76. The molecule has 0 heterocycles. The summed E-state index contributed by atoms with van der Waals surface area (Å²) in [4.78, 5) is 10.2. The van der Waals surface area contributed by atoms with E-state index in [1.807, 2.05) is 0 Å². The fourth-order valence-electron chi connectivity index (χ4n) is 0.595. The second-order valence-electron chi connectivity index (χ2n) is 2.29. The summed E-state index contributed by atoms with van der Waals surface area (Å²) in [6, 6.07) is -0.946. The van der Waals surface area contributed by atoms with Crippen molar-refractivity contribution in [2.75, 3.05) is 0 Å². The van der Waals surface area contributed by atoms with Crippen molar-refractivity contribution in [2.45, 2.75) is 18.9 Å². The van der Waals surface area contributed by atoms with Gasteiger partial charge in [0.05, 0.1) is 0 Å². The minimum atomic E-state index is -1.08. The van der Waals surface area contributed by atoms with Gasteiger partial charge in [-0.05, 0) is 6.42 Å². The first kappa shape index (κ1) is 10.7. The van der Waals surface area contributed by atoms with Crippen LogP contribution >= 0.6 is 0 Å². The van der Waals surface area contributed by atoms with Crippen LogP contribution in [0, 0.1) is 0 Å². The van der Waals surface area contributed by atoms with Crippen molar-refractivity contribution >= 4 is 5.97 Å². The van der Waals surface area contributed by atoms with E-state index in [1.54, 1.807) is 0 Å². The van der Waals surface area contributed by atoms with E-state index in [0.717, 1.165) is 0 Å². The number of hydrazine groups is 1. The maximum atomic E-state index is 10.2. The summed E-state index contributed by atoms with van der Waals surface area (Å²) in [7, 11) is 0. The summed E-state index contributed by atoms with van der Waals surface area (Å²) >= 11 is 0. The van der Waals surface area contributed by atoms with Crippen molar-refractivity contribution in [3.63, 3.8) is 0 Å². The quantitative estimate of drug-likeness (QED) is 0.208. The molecule has 12 heavy (non-hydrogen) atoms. The summed E-state index contributed by atoms with van der Waals surface area (Å²) < 4.78 is 0. The smallest absolute Gasteiger partial charge is 0.320 e. The number of aliphatic hydroxyl groups is 1. The van der Waals surface area contributed by atoms with Gasteiger partial charge in [0.1, 0.15) is 11.8 Å². The summed E-state index contributed by atoms with van der Waals surface area (Å²) in [6.07, 6.45) is 1.55. The Balaban J connectivity index is 3.68. The molecule has 0 saturated carbocycles. The maximum absolute atomic E-state index is 10.2. The number of rotatable bonds is 5. The number of hydrogen-bond acceptors (Lipinski definition) is 5. The van der Waals surface area contributed by atoms with E-state index in [1.165, 1.54) is 6.20 Å². The zero-order chi connectivity index (χ0) is 9.56. The normalized spacial score (nSPS) is 14.0. The molecule has 0 bridgehead atoms. The molecule has 7 N–H and O–H groups in total. The van der Waals surface area contributed by atoms with Crippen LogP contribution in [-0.2, 0) is 4.79 Å². The van der Waals surface area contributed by atoms with E-state index < -0.39 is 12.0 Å². The maximum Gasteiger partial charge on any atom is 0.320 e. The molecule has 0 aliphatic heterocycles. The number of aliphatic carboxylic acids is 1. The molecule has 0 aliphatic carbocycles. The van der Waals surface area contributed by atoms with Gasteiger partial charge >= 0.3 is 5.97 Å². The molecule has 0 amide bonds. The number of carboxylic acid groups (broad SMARTS) is 1. The topological polar surface area (TPSA) is 122 Å². The van der Waals surface area contributed by atoms with Gasteiger partial charge in [-0.1, -0.05) is 0 Å². The van der Waals surface area contributed by atoms with E-state index in [-0.39, 0.29) is 18.6 Å². The molecule has 0 aromatic carbocycles. The third kappa shape index (κ3) is 4.53. The predicted molar refractivity (Wildman–Crippen MR) is 42.9 cm³/mol. The van der Waals surface area contributed by atoms with Gasteiger partial charge in [-0.3, -0.25) is 10.6 Å². The van der Waals surface area contributed by atoms with Crippen LogP contribution in [0.15, 0.2) is 12.0 Å². The Morgan fingerprint density at radius 1 is 1.58 bits per heavy atom. The second kappa shape index (κ2) is 5.39. The third-order valence-corrected chi connectivity index (χ3v) is 1.28. The Bertz CT molecular complexity index is 181. The molecule has 1 atom stereocenters. The van der Waals surface area contributed by atoms with Crippen molar-refractivity contribution in [1.82, 2.24) is 5.43 Å². The van der Waals surface area contributed by atoms with Crippen molar-refractivity contribution in [3.8, 4) is 0 Å². The highest BCUT2D eigenvalue weighted by Gasteiger charge is 2.11. The molecule has 0 fully saturated rings. The fraction of sp³-hybridized carbons (Fsp3) is 0.500. The van der Waals surface area contributed by atoms with Gasteiger partial charge in [-0.25, -0.2) is 0 Å². The zero-order valence-electron chi connectivity index (χ0n) is 6.53. The highest BCUT2D eigenvalue weighted by atomic mass is 16.4. The molecule has 6 heteroatoms. The van der Waals surface area contributed by atoms with Gasteiger partial charge in [0, 0.05) is 12.6 Å². The standard InChI is InChI=1S/C6H13N3O3/c7-5(6(11)12)2-1-4(10)3-9-8/h3,5,9-10H,1-2,7-8H2,(H,11,12). The average molecular weight is 175 g/mol. The molecule has 0 rings (SSSR count). The van der Waals surface area contributed by atoms with Gasteiger partial charge in [-0.15, -0.1) is 0 Å². The van der Waals surface area contributed by atoms with E-state index in [9.17, 15) is 4.79 Å². The Morgan fingerprint density at radius 3 is 2.58 bits per heavy atom. The Kier molecular flexibility index (Phi) is 4.82. The Hall–Kier alpha value is -1.27. The van der Waals surface area contributed by atoms with E-state index in [4.69, 9.17) is 21.8 Å². The number of nitrogens with two attached hydrogens (primary N) is 2. The SMILES string of the molecule is NNC=C(O)CCC(N)C(=O)O. The number of hydrogen-bond donors (Lipinski definition) is 5. The number of aliphatic hydroxyl groups excluding tert-OH is 1. The van der Waals surface area contributed by atoms with Gasteiger partial charge < -0.3 is 21.4 Å². The predicted octanol–water partition coefficient (Wildman–Crippen LogP) is -0.959. The fourth-order valence-corrected chi connectivity index (χ4v) is 0.595. The van der Waals surface area contributed by atoms with Gasteiger partial charge in [0.15, 0.2) is 0 Å². The molecular weight excluding hydrogens is 162 g/mol. The lowest BCUT2D eigenvalue weighted by Crippen LogP contribution is -2.30. The lowest BCUT2D eigenvalue weighted by atomic mass is 10.1. The number of allylic oxidation sites excluding steroid dienone is 1. The first-order valence-corrected chi connectivity index (χ1v) is 3.40. The second-order valence-corrected chi connectivity index (χ2v) is 2.29. The van der Waals surface area contributed by atoms with Crippen LogP contribution in [-0.4, -0.2) is 22.2 Å². The number of carboxylic acids is 1. The van der Waals surface area contributed by atoms with Crippen LogP contribution in [0.2, 0.25) is 0 Å². The van der Waals surface area contributed by atoms with Crippen molar-refractivity contribution in [3.05, 3.63) is 12.0 Å². The van der Waals surface area contributed by atoms with Crippen molar-refractivity contribution in [1.29, 1.82) is 0 Å². The van der Waals surface area contributed by atoms with Crippen LogP contribution < -0.4 is 17.0 Å². The van der Waals surface area contributed by atoms with Gasteiger partial charge in [0.25, 0.3) is 0 Å². The molecule has 0 saturated heterocycles. The van der Waals surface area contributed by atoms with E-state index >= 15 is 0 Å². The van der Waals surface area contributed by atoms with Gasteiger partial charge in [0.2, 0.25) is 0 Å². The van der Waals surface area contributed by atoms with Crippen molar-refractivity contribution in [2.24, 2.45) is 11.6 Å². The molecule has 0 aliphatic rings. The third-order valence-electron chi connectivity index (χ3n) is 1.28. The average Bonchev–Trinajstić information content (AvgIpc) is 2.00. The van der Waals surface area contributed by atoms with Gasteiger partial charge in [-0.2, -0.15) is 0 Å². The van der Waals surface area contributed by atoms with Crippen LogP contribution in [0.25, 0.3) is 0 Å². The van der Waals surface area contributed by atoms with E-state index in [2.05, 4.69) is 5.43 Å². The molecule has 6 nitrogen and oxygen atoms in total. The number of carbonyl (C=O) groups is 1. The first-order chi connectivity index (χ1) is 5.57. The Labute approximate surface area is 69.8 Å². The van der Waals surface area contributed by atoms with Crippen LogP contribution in [0.5, 0.6) is 0 Å². The molecule has 0 radical (unpaired) electrons. The Morgan fingerprint density at radius 2 is 2.17 bits per heavy atom. The summed E-state index contributed by atoms with van der Waals surface area (Å²) in [6.45, 7) is 0. The van der Waals surface area contributed by atoms with Crippen molar-refractivity contribution < 1.29 is 15.0 Å². The molecule has 70 valence electrons. The van der Waals surface area contributed by atoms with Crippen LogP contribution in [0.3, 0.4) is 0 Å². The monoisotopic (exact) mass is 175 g/mol. The lowest BCUT2D eigenvalue weighted by Gasteiger charge is -2.04. The minimum absolute atomic E-state index is 0.0193. The molecular formula is C6H13N3O3. The largest absolute Gasteiger partial charge is 0.511 e. The highest BCUT2D eigenvalue weighted by Crippen LogP contribution is 2.01. The molecule has 0 spiro atoms. The molecule has 0 aromatic rings. The van der Waals surface area contributed by atoms with Crippen LogP contribution in [0.4, 0.5) is 0 Å². The first-order valence-electron chi connectivity index (χ1n) is 3.40. The zero-order valence-corrected chi connectivity index (χ0v) is 6.53. The summed E-state index contributed by atoms with van der Waals surface area (Å²) in [5.41, 5.74) is 7.29. The number of nitrogens with one attached hydrogen (secondary N) is 1. The highest BCUT2D eigenvalue weighted by molar-refractivity contribution is 5.72. The molecule has 0 aromatic heterocycles. The van der Waals surface area contributed by atoms with E-state index in [0.29, 0.717) is 0 Å². The lowest BCUT2D eigenvalue weighted by molar-refractivity contribution is -0.138. The summed E-state index contributed by atoms with van der Waals surface area (Å²) in [5, 5.41) is 17.3. The molecule has 1 unspecified atom stereocenters.